The van der Waals surface area contributed by atoms with Crippen molar-refractivity contribution >= 4 is 5.91 Å². The van der Waals surface area contributed by atoms with Crippen LogP contribution in [0.5, 0.6) is 0 Å². The molecule has 0 rings (SSSR count). The standard InChI is InChI=1S/C8H16N2O.ClH/c1-5-8(11)9-7-10(3,4)6-2;/h5H,1,6-7H2,2-4H3;1H. The van der Waals surface area contributed by atoms with E-state index in [-0.39, 0.29) is 18.3 Å². The minimum atomic E-state index is -0.107. The molecule has 0 aliphatic carbocycles. The Labute approximate surface area is 80.4 Å². The summed E-state index contributed by atoms with van der Waals surface area (Å²) in [7, 11) is 4.12. The summed E-state index contributed by atoms with van der Waals surface area (Å²) in [5.74, 6) is -0.107. The molecule has 1 amide bonds. The van der Waals surface area contributed by atoms with Gasteiger partial charge in [0.2, 0.25) is 5.91 Å². The Bertz CT molecular complexity index is 157. The Kier molecular flexibility index (Phi) is 7.04. The molecule has 0 atom stereocenters. The quantitative estimate of drug-likeness (QED) is 0.294. The molecule has 3 nitrogen and oxygen atoms in total. The molecule has 4 heteroatoms. The zero-order valence-corrected chi connectivity index (χ0v) is 8.69. The number of amides is 1. The molecule has 0 saturated heterocycles. The van der Waals surface area contributed by atoms with Crippen LogP contribution in [0.1, 0.15) is 6.92 Å². The predicted octanol–water partition coefficient (Wildman–Crippen LogP) is -2.65. The SMILES string of the molecule is C=CC(=O)NC[N+](C)(C)CC.[Cl-]. The van der Waals surface area contributed by atoms with Gasteiger partial charge >= 0.3 is 0 Å². The Morgan fingerprint density at radius 1 is 1.58 bits per heavy atom. The maximum atomic E-state index is 10.7. The van der Waals surface area contributed by atoms with Crippen molar-refractivity contribution < 1.29 is 21.7 Å². The van der Waals surface area contributed by atoms with E-state index in [1.54, 1.807) is 0 Å². The van der Waals surface area contributed by atoms with Crippen molar-refractivity contribution in [3.63, 3.8) is 0 Å². The summed E-state index contributed by atoms with van der Waals surface area (Å²) < 4.78 is 0.791. The highest BCUT2D eigenvalue weighted by atomic mass is 35.5. The van der Waals surface area contributed by atoms with Crippen molar-refractivity contribution in [3.05, 3.63) is 12.7 Å². The average molecular weight is 193 g/mol. The first-order chi connectivity index (χ1) is 5.02. The summed E-state index contributed by atoms with van der Waals surface area (Å²) in [5, 5.41) is 2.74. The molecule has 0 aliphatic rings. The van der Waals surface area contributed by atoms with Gasteiger partial charge in [0.1, 0.15) is 0 Å². The number of hydrogen-bond donors (Lipinski definition) is 1. The van der Waals surface area contributed by atoms with Gasteiger partial charge in [0, 0.05) is 0 Å². The second-order valence-electron chi connectivity index (χ2n) is 3.16. The molecule has 0 aromatic carbocycles. The maximum Gasteiger partial charge on any atom is 0.247 e. The minimum Gasteiger partial charge on any atom is -1.00 e. The van der Waals surface area contributed by atoms with E-state index in [0.29, 0.717) is 6.67 Å². The molecule has 12 heavy (non-hydrogen) atoms. The van der Waals surface area contributed by atoms with Crippen LogP contribution in [-0.4, -0.2) is 37.7 Å². The molecular weight excluding hydrogens is 176 g/mol. The number of rotatable bonds is 4. The van der Waals surface area contributed by atoms with Gasteiger partial charge in [-0.2, -0.15) is 0 Å². The smallest absolute Gasteiger partial charge is 0.247 e. The van der Waals surface area contributed by atoms with E-state index in [4.69, 9.17) is 0 Å². The highest BCUT2D eigenvalue weighted by Gasteiger charge is 2.10. The van der Waals surface area contributed by atoms with E-state index in [1.165, 1.54) is 6.08 Å². The molecule has 0 unspecified atom stereocenters. The van der Waals surface area contributed by atoms with Crippen LogP contribution in [-0.2, 0) is 4.79 Å². The van der Waals surface area contributed by atoms with Gasteiger partial charge in [-0.3, -0.25) is 4.79 Å². The fraction of sp³-hybridized carbons (Fsp3) is 0.625. The third kappa shape index (κ3) is 6.19. The number of carbonyl (C=O) groups excluding carboxylic acids is 1. The molecule has 0 radical (unpaired) electrons. The van der Waals surface area contributed by atoms with E-state index in [0.717, 1.165) is 11.0 Å². The van der Waals surface area contributed by atoms with E-state index >= 15 is 0 Å². The van der Waals surface area contributed by atoms with Gasteiger partial charge in [0.25, 0.3) is 0 Å². The van der Waals surface area contributed by atoms with Crippen molar-refractivity contribution in [2.75, 3.05) is 27.3 Å². The molecule has 0 heterocycles. The summed E-state index contributed by atoms with van der Waals surface area (Å²) in [5.41, 5.74) is 0. The fourth-order valence-electron chi connectivity index (χ4n) is 0.476. The van der Waals surface area contributed by atoms with Gasteiger partial charge in [0.15, 0.2) is 6.67 Å². The van der Waals surface area contributed by atoms with Gasteiger partial charge in [-0.05, 0) is 13.0 Å². The largest absolute Gasteiger partial charge is 1.00 e. The lowest BCUT2D eigenvalue weighted by Crippen LogP contribution is -3.00. The van der Waals surface area contributed by atoms with Crippen LogP contribution in [0, 0.1) is 0 Å². The molecule has 0 spiro atoms. The van der Waals surface area contributed by atoms with Crippen LogP contribution < -0.4 is 17.7 Å². The number of halogens is 1. The highest BCUT2D eigenvalue weighted by Crippen LogP contribution is 1.91. The zero-order chi connectivity index (χ0) is 8.91. The van der Waals surface area contributed by atoms with Crippen LogP contribution >= 0.6 is 0 Å². The highest BCUT2D eigenvalue weighted by molar-refractivity contribution is 5.86. The maximum absolute atomic E-state index is 10.7. The third-order valence-electron chi connectivity index (χ3n) is 1.72. The van der Waals surface area contributed by atoms with Crippen molar-refractivity contribution in [1.82, 2.24) is 5.32 Å². The Hall–Kier alpha value is -0.540. The average Bonchev–Trinajstić information content (AvgIpc) is 2.00. The van der Waals surface area contributed by atoms with E-state index in [2.05, 4.69) is 32.9 Å². The lowest BCUT2D eigenvalue weighted by atomic mass is 10.5. The van der Waals surface area contributed by atoms with Crippen molar-refractivity contribution in [2.45, 2.75) is 6.92 Å². The predicted molar refractivity (Wildman–Crippen MR) is 45.9 cm³/mol. The first-order valence-electron chi connectivity index (χ1n) is 3.74. The molecule has 0 saturated carbocycles. The summed E-state index contributed by atoms with van der Waals surface area (Å²) in [6.45, 7) is 7.10. The fourth-order valence-corrected chi connectivity index (χ4v) is 0.476. The lowest BCUT2D eigenvalue weighted by Gasteiger charge is -2.27. The monoisotopic (exact) mass is 192 g/mol. The van der Waals surface area contributed by atoms with Crippen molar-refractivity contribution in [3.8, 4) is 0 Å². The Balaban J connectivity index is 0. The van der Waals surface area contributed by atoms with Crippen LogP contribution in [0.15, 0.2) is 12.7 Å². The number of hydrogen-bond acceptors (Lipinski definition) is 1. The van der Waals surface area contributed by atoms with Gasteiger partial charge in [-0.15, -0.1) is 0 Å². The zero-order valence-electron chi connectivity index (χ0n) is 7.93. The van der Waals surface area contributed by atoms with Crippen LogP contribution in [0.2, 0.25) is 0 Å². The number of carbonyl (C=O) groups is 1. The van der Waals surface area contributed by atoms with Crippen LogP contribution in [0.3, 0.4) is 0 Å². The minimum absolute atomic E-state index is 0. The Morgan fingerprint density at radius 2 is 2.08 bits per heavy atom. The van der Waals surface area contributed by atoms with Gasteiger partial charge in [-0.25, -0.2) is 0 Å². The lowest BCUT2D eigenvalue weighted by molar-refractivity contribution is -0.890. The number of nitrogens with zero attached hydrogens (tertiary/aromatic N) is 1. The Morgan fingerprint density at radius 3 is 2.42 bits per heavy atom. The van der Waals surface area contributed by atoms with Crippen molar-refractivity contribution in [2.24, 2.45) is 0 Å². The normalized spacial score (nSPS) is 9.92. The van der Waals surface area contributed by atoms with Gasteiger partial charge < -0.3 is 22.2 Å². The summed E-state index contributed by atoms with van der Waals surface area (Å²) >= 11 is 0. The van der Waals surface area contributed by atoms with Gasteiger partial charge in [-0.1, -0.05) is 6.58 Å². The molecular formula is C8H17ClN2O. The molecule has 0 aromatic rings. The molecule has 0 fully saturated rings. The summed E-state index contributed by atoms with van der Waals surface area (Å²) in [6, 6.07) is 0. The number of quaternary nitrogens is 1. The molecule has 72 valence electrons. The summed E-state index contributed by atoms with van der Waals surface area (Å²) in [6.07, 6.45) is 1.29. The first kappa shape index (κ1) is 14.0. The second-order valence-corrected chi connectivity index (χ2v) is 3.16. The van der Waals surface area contributed by atoms with Crippen LogP contribution in [0.4, 0.5) is 0 Å². The molecule has 0 aliphatic heterocycles. The van der Waals surface area contributed by atoms with Crippen LogP contribution in [0.25, 0.3) is 0 Å². The van der Waals surface area contributed by atoms with E-state index in [9.17, 15) is 4.79 Å². The third-order valence-corrected chi connectivity index (χ3v) is 1.72. The topological polar surface area (TPSA) is 29.1 Å². The molecule has 1 N–H and O–H groups in total. The van der Waals surface area contributed by atoms with E-state index < -0.39 is 0 Å². The second kappa shape index (κ2) is 6.03. The molecule has 0 aromatic heterocycles. The molecule has 0 bridgehead atoms. The van der Waals surface area contributed by atoms with Crippen molar-refractivity contribution in [1.29, 1.82) is 0 Å². The summed E-state index contributed by atoms with van der Waals surface area (Å²) in [4.78, 5) is 10.7. The number of nitrogens with one attached hydrogen (secondary N) is 1. The first-order valence-corrected chi connectivity index (χ1v) is 3.74. The van der Waals surface area contributed by atoms with E-state index in [1.807, 2.05) is 0 Å². The van der Waals surface area contributed by atoms with Gasteiger partial charge in [0.05, 0.1) is 20.6 Å².